The molecule has 3 rings (SSSR count). The Hall–Kier alpha value is -2.97. The van der Waals surface area contributed by atoms with Crippen LogP contribution in [0.25, 0.3) is 0 Å². The summed E-state index contributed by atoms with van der Waals surface area (Å²) >= 11 is 0.640. The van der Waals surface area contributed by atoms with Crippen molar-refractivity contribution in [1.29, 1.82) is 0 Å². The smallest absolute Gasteiger partial charge is 0.355 e. The van der Waals surface area contributed by atoms with Gasteiger partial charge < -0.3 is 4.74 Å². The van der Waals surface area contributed by atoms with Crippen LogP contribution in [0.4, 0.5) is 0 Å². The Balaban J connectivity index is 2.11. The van der Waals surface area contributed by atoms with E-state index in [1.54, 1.807) is 30.3 Å². The van der Waals surface area contributed by atoms with E-state index in [1.165, 1.54) is 29.6 Å². The van der Waals surface area contributed by atoms with E-state index in [0.717, 1.165) is 18.7 Å². The molecule has 7 nitrogen and oxygen atoms in total. The standard InChI is InChI=1S/C22H19NO6S3/c1-29-21(24)22(23,15-8-11-17-9-4-2-5-10-17)32(27,28)20-19(14-16-30-20)31(25,26)18-12-6-3-7-13-18/h2-7,9-10,12-14,16H,11,23H2,1H3. The van der Waals surface area contributed by atoms with Crippen molar-refractivity contribution in [3.05, 3.63) is 77.7 Å². The number of benzene rings is 2. The summed E-state index contributed by atoms with van der Waals surface area (Å²) in [7, 11) is -7.99. The monoisotopic (exact) mass is 489 g/mol. The van der Waals surface area contributed by atoms with E-state index in [4.69, 9.17) is 5.73 Å². The first-order valence-corrected chi connectivity index (χ1v) is 13.0. The number of esters is 1. The van der Waals surface area contributed by atoms with E-state index >= 15 is 0 Å². The van der Waals surface area contributed by atoms with E-state index in [1.807, 2.05) is 6.07 Å². The summed E-state index contributed by atoms with van der Waals surface area (Å²) < 4.78 is 57.1. The molecule has 0 radical (unpaired) electrons. The summed E-state index contributed by atoms with van der Waals surface area (Å²) in [5.74, 6) is 3.62. The van der Waals surface area contributed by atoms with Crippen LogP contribution in [-0.4, -0.2) is 34.8 Å². The summed E-state index contributed by atoms with van der Waals surface area (Å²) in [5.41, 5.74) is 6.80. The molecule has 2 N–H and O–H groups in total. The van der Waals surface area contributed by atoms with Crippen LogP contribution in [0.2, 0.25) is 0 Å². The van der Waals surface area contributed by atoms with Crippen molar-refractivity contribution in [3.63, 3.8) is 0 Å². The van der Waals surface area contributed by atoms with Crippen LogP contribution >= 0.6 is 11.3 Å². The number of ether oxygens (including phenoxy) is 1. The van der Waals surface area contributed by atoms with Gasteiger partial charge in [0.1, 0.15) is 9.10 Å². The lowest BCUT2D eigenvalue weighted by Crippen LogP contribution is -2.54. The minimum Gasteiger partial charge on any atom is -0.466 e. The third kappa shape index (κ3) is 4.33. The van der Waals surface area contributed by atoms with Crippen molar-refractivity contribution in [3.8, 4) is 11.8 Å². The van der Waals surface area contributed by atoms with Gasteiger partial charge in [0.05, 0.1) is 12.0 Å². The Morgan fingerprint density at radius 3 is 2.19 bits per heavy atom. The van der Waals surface area contributed by atoms with Gasteiger partial charge in [0, 0.05) is 6.42 Å². The molecule has 1 unspecified atom stereocenters. The molecule has 0 bridgehead atoms. The van der Waals surface area contributed by atoms with E-state index in [9.17, 15) is 21.6 Å². The Morgan fingerprint density at radius 1 is 1.00 bits per heavy atom. The van der Waals surface area contributed by atoms with E-state index in [0.29, 0.717) is 11.3 Å². The first kappa shape index (κ1) is 23.7. The number of rotatable bonds is 6. The Labute approximate surface area is 190 Å². The second-order valence-electron chi connectivity index (χ2n) is 6.58. The first-order chi connectivity index (χ1) is 15.1. The van der Waals surface area contributed by atoms with Crippen LogP contribution in [0.5, 0.6) is 0 Å². The largest absolute Gasteiger partial charge is 0.466 e. The third-order valence-corrected chi connectivity index (χ3v) is 10.1. The van der Waals surface area contributed by atoms with Gasteiger partial charge in [-0.3, -0.25) is 5.73 Å². The van der Waals surface area contributed by atoms with Gasteiger partial charge in [0.15, 0.2) is 0 Å². The molecule has 166 valence electrons. The SMILES string of the molecule is COC(=O)C(N)(C#CCc1ccccc1)S(=O)(=O)c1sccc1S(=O)(=O)c1ccccc1. The zero-order valence-corrected chi connectivity index (χ0v) is 19.3. The van der Waals surface area contributed by atoms with E-state index < -0.39 is 39.6 Å². The molecule has 1 atom stereocenters. The molecule has 1 aromatic heterocycles. The quantitative estimate of drug-likeness (QED) is 0.417. The predicted molar refractivity (Wildman–Crippen MR) is 120 cm³/mol. The number of carbonyl (C=O) groups excluding carboxylic acids is 1. The van der Waals surface area contributed by atoms with Crippen LogP contribution in [0, 0.1) is 11.8 Å². The molecule has 10 heteroatoms. The van der Waals surface area contributed by atoms with Crippen LogP contribution < -0.4 is 5.73 Å². The highest BCUT2D eigenvalue weighted by molar-refractivity contribution is 7.97. The summed E-state index contributed by atoms with van der Waals surface area (Å²) in [4.78, 5) is 9.12. The lowest BCUT2D eigenvalue weighted by Gasteiger charge is -2.21. The Kier molecular flexibility index (Phi) is 6.85. The van der Waals surface area contributed by atoms with Crippen molar-refractivity contribution in [2.24, 2.45) is 5.73 Å². The maximum absolute atomic E-state index is 13.5. The van der Waals surface area contributed by atoms with Gasteiger partial charge in [-0.05, 0) is 29.1 Å². The summed E-state index contributed by atoms with van der Waals surface area (Å²) in [6, 6.07) is 17.5. The van der Waals surface area contributed by atoms with Crippen molar-refractivity contribution < 1.29 is 26.4 Å². The van der Waals surface area contributed by atoms with Crippen molar-refractivity contribution in [2.45, 2.75) is 25.3 Å². The molecule has 2 aromatic carbocycles. The molecule has 0 aliphatic carbocycles. The second kappa shape index (κ2) is 9.26. The fraction of sp³-hybridized carbons (Fsp3) is 0.136. The molecular formula is C22H19NO6S3. The highest BCUT2D eigenvalue weighted by atomic mass is 32.2. The van der Waals surface area contributed by atoms with Crippen LogP contribution in [0.3, 0.4) is 0 Å². The third-order valence-electron chi connectivity index (χ3n) is 4.50. The Bertz CT molecular complexity index is 1390. The van der Waals surface area contributed by atoms with Gasteiger partial charge >= 0.3 is 5.97 Å². The maximum atomic E-state index is 13.5. The van der Waals surface area contributed by atoms with E-state index in [-0.39, 0.29) is 11.3 Å². The van der Waals surface area contributed by atoms with E-state index in [2.05, 4.69) is 16.6 Å². The van der Waals surface area contributed by atoms with Gasteiger partial charge in [-0.15, -0.1) is 11.3 Å². The second-order valence-corrected chi connectivity index (χ2v) is 11.7. The van der Waals surface area contributed by atoms with Crippen LogP contribution in [-0.2, 0) is 35.6 Å². The predicted octanol–water partition coefficient (Wildman–Crippen LogP) is 2.43. The van der Waals surface area contributed by atoms with Crippen LogP contribution in [0.1, 0.15) is 5.56 Å². The maximum Gasteiger partial charge on any atom is 0.355 e. The van der Waals surface area contributed by atoms with Crippen molar-refractivity contribution in [2.75, 3.05) is 7.11 Å². The fourth-order valence-electron chi connectivity index (χ4n) is 2.80. The minimum absolute atomic E-state index is 0.0919. The summed E-state index contributed by atoms with van der Waals surface area (Å²) in [6.07, 6.45) is 0.131. The molecule has 0 saturated carbocycles. The summed E-state index contributed by atoms with van der Waals surface area (Å²) in [5, 5.41) is 1.30. The van der Waals surface area contributed by atoms with Gasteiger partial charge in [0.25, 0.3) is 4.87 Å². The molecule has 1 heterocycles. The Morgan fingerprint density at radius 2 is 1.59 bits per heavy atom. The normalized spacial score (nSPS) is 13.4. The van der Waals surface area contributed by atoms with Gasteiger partial charge in [-0.2, -0.15) is 0 Å². The molecule has 0 fully saturated rings. The van der Waals surface area contributed by atoms with Gasteiger partial charge in [-0.25, -0.2) is 21.6 Å². The molecule has 3 aromatic rings. The number of nitrogens with two attached hydrogens (primary N) is 1. The lowest BCUT2D eigenvalue weighted by molar-refractivity contribution is -0.141. The zero-order valence-electron chi connectivity index (χ0n) is 16.9. The topological polar surface area (TPSA) is 121 Å². The average molecular weight is 490 g/mol. The molecule has 32 heavy (non-hydrogen) atoms. The average Bonchev–Trinajstić information content (AvgIpc) is 3.31. The zero-order chi connectivity index (χ0) is 23.4. The number of hydrogen-bond acceptors (Lipinski definition) is 8. The molecule has 0 aliphatic rings. The van der Waals surface area contributed by atoms with Crippen molar-refractivity contribution >= 4 is 37.0 Å². The first-order valence-electron chi connectivity index (χ1n) is 9.18. The molecule has 0 aliphatic heterocycles. The number of carbonyl (C=O) groups is 1. The van der Waals surface area contributed by atoms with Crippen LogP contribution in [0.15, 0.2) is 86.1 Å². The number of hydrogen-bond donors (Lipinski definition) is 1. The molecule has 0 amide bonds. The number of sulfone groups is 2. The minimum atomic E-state index is -4.78. The highest BCUT2D eigenvalue weighted by Crippen LogP contribution is 2.35. The van der Waals surface area contributed by atoms with Crippen molar-refractivity contribution in [1.82, 2.24) is 0 Å². The highest BCUT2D eigenvalue weighted by Gasteiger charge is 2.51. The fourth-order valence-corrected chi connectivity index (χ4v) is 7.97. The number of methoxy groups -OCH3 is 1. The lowest BCUT2D eigenvalue weighted by atomic mass is 10.1. The number of thiophene rings is 1. The molecular weight excluding hydrogens is 470 g/mol. The van der Waals surface area contributed by atoms with Gasteiger partial charge in [0.2, 0.25) is 19.7 Å². The molecule has 0 saturated heterocycles. The van der Waals surface area contributed by atoms with Gasteiger partial charge in [-0.1, -0.05) is 60.4 Å². The summed E-state index contributed by atoms with van der Waals surface area (Å²) in [6.45, 7) is 0. The molecule has 0 spiro atoms.